The molecule has 0 saturated heterocycles. The van der Waals surface area contributed by atoms with E-state index in [4.69, 9.17) is 23.1 Å². The van der Waals surface area contributed by atoms with Crippen LogP contribution in [0.4, 0.5) is 17.1 Å². The highest BCUT2D eigenvalue weighted by molar-refractivity contribution is 7.93. The number of sulfonamides is 3. The third kappa shape index (κ3) is 23.2. The zero-order valence-electron chi connectivity index (χ0n) is 75.5. The number of methoxy groups -OCH3 is 1. The highest BCUT2D eigenvalue weighted by Gasteiger charge is 2.40. The number of aryl methyl sites for hydroxylation is 6. The number of aromatic nitrogens is 12. The Kier molecular flexibility index (Phi) is 28.7. The Bertz CT molecular complexity index is 6430. The van der Waals surface area contributed by atoms with Crippen molar-refractivity contribution in [3.05, 3.63) is 243 Å². The molecule has 7 N–H and O–H groups in total. The summed E-state index contributed by atoms with van der Waals surface area (Å²) in [7, 11) is -8.91. The molecule has 0 aliphatic heterocycles. The fourth-order valence-electron chi connectivity index (χ4n) is 13.9. The van der Waals surface area contributed by atoms with Crippen LogP contribution in [0.15, 0.2) is 169 Å². The van der Waals surface area contributed by atoms with E-state index in [-0.39, 0.29) is 81.5 Å². The maximum absolute atomic E-state index is 13.8. The normalized spacial score (nSPS) is 13.3. The van der Waals surface area contributed by atoms with Crippen LogP contribution < -0.4 is 46.9 Å². The first kappa shape index (κ1) is 94.7. The Morgan fingerprint density at radius 3 is 1.57 bits per heavy atom. The van der Waals surface area contributed by atoms with Gasteiger partial charge in [0.1, 0.15) is 41.5 Å². The van der Waals surface area contributed by atoms with Gasteiger partial charge in [0.15, 0.2) is 45.9 Å². The van der Waals surface area contributed by atoms with Gasteiger partial charge in [-0.25, -0.2) is 43.5 Å². The molecule has 126 heavy (non-hydrogen) atoms. The lowest BCUT2D eigenvalue weighted by molar-refractivity contribution is 0.0978. The van der Waals surface area contributed by atoms with Gasteiger partial charge < -0.3 is 28.4 Å². The first-order valence-corrected chi connectivity index (χ1v) is 46.9. The molecule has 0 aliphatic carbocycles. The van der Waals surface area contributed by atoms with Gasteiger partial charge in [0.05, 0.1) is 29.1 Å². The van der Waals surface area contributed by atoms with Crippen LogP contribution in [0.25, 0.3) is 16.9 Å². The molecule has 2 amide bonds. The smallest absolute Gasteiger partial charge is 0.288 e. The summed E-state index contributed by atoms with van der Waals surface area (Å²) in [6, 6.07) is 47.7. The predicted molar refractivity (Wildman–Crippen MR) is 492 cm³/mol. The fraction of sp³-hybridized carbons (Fsp3) is 0.385. The molecule has 0 aliphatic rings. The zero-order valence-corrected chi connectivity index (χ0v) is 78.8. The Hall–Kier alpha value is -11.9. The minimum Gasteiger partial charge on any atom is -0.497 e. The molecule has 0 saturated carbocycles. The maximum atomic E-state index is 13.8. The summed E-state index contributed by atoms with van der Waals surface area (Å²) in [4.78, 5) is 26.1. The molecular weight excluding hydrogens is 1680 g/mol. The van der Waals surface area contributed by atoms with Gasteiger partial charge in [-0.1, -0.05) is 148 Å². The number of benzene rings is 7. The monoisotopic (exact) mass is 1800 g/mol. The molecule has 0 bridgehead atoms. The lowest BCUT2D eigenvalue weighted by atomic mass is 9.79. The van der Waals surface area contributed by atoms with Crippen LogP contribution in [0, 0.1) is 47.5 Å². The highest BCUT2D eigenvalue weighted by atomic mass is 32.2. The van der Waals surface area contributed by atoms with E-state index in [9.17, 15) is 39.1 Å². The lowest BCUT2D eigenvalue weighted by Gasteiger charge is -2.35. The quantitative estimate of drug-likeness (QED) is 0.0206. The van der Waals surface area contributed by atoms with Gasteiger partial charge in [0.2, 0.25) is 20.0 Å². The molecule has 0 fully saturated rings. The van der Waals surface area contributed by atoms with E-state index in [1.165, 1.54) is 25.2 Å². The number of nitrogens with zero attached hydrogens (tertiary/aromatic N) is 10. The van der Waals surface area contributed by atoms with Crippen LogP contribution in [0.3, 0.4) is 0 Å². The van der Waals surface area contributed by atoms with Gasteiger partial charge in [0.25, 0.3) is 33.1 Å². The Labute approximate surface area is 739 Å². The third-order valence-corrected chi connectivity index (χ3v) is 26.9. The number of aromatic amines is 3. The lowest BCUT2D eigenvalue weighted by Crippen LogP contribution is -2.49. The fourth-order valence-corrected chi connectivity index (χ4v) is 18.3. The van der Waals surface area contributed by atoms with E-state index in [0.29, 0.717) is 74.1 Å². The van der Waals surface area contributed by atoms with E-state index >= 15 is 0 Å². The minimum atomic E-state index is -4.04. The molecule has 35 heteroatoms. The van der Waals surface area contributed by atoms with E-state index in [1.54, 1.807) is 84.6 Å². The summed E-state index contributed by atoms with van der Waals surface area (Å²) in [5, 5.41) is 37.6. The van der Waals surface area contributed by atoms with E-state index < -0.39 is 58.0 Å². The second-order valence-electron chi connectivity index (χ2n) is 35.7. The van der Waals surface area contributed by atoms with Crippen molar-refractivity contribution in [3.8, 4) is 34.5 Å². The molecule has 6 heterocycles. The second-order valence-corrected chi connectivity index (χ2v) is 42.3. The van der Waals surface area contributed by atoms with Gasteiger partial charge in [-0.3, -0.25) is 33.9 Å². The summed E-state index contributed by atoms with van der Waals surface area (Å²) in [5.74, 6) is 2.67. The summed E-state index contributed by atoms with van der Waals surface area (Å²) < 4.78 is 136. The van der Waals surface area contributed by atoms with Gasteiger partial charge in [-0.2, -0.15) is 8.93 Å². The summed E-state index contributed by atoms with van der Waals surface area (Å²) in [5.41, 5.74) is 10.9. The number of nitrogens with one attached hydrogen (secondary N) is 7. The van der Waals surface area contributed by atoms with Crippen LogP contribution in [0.2, 0.25) is 0 Å². The third-order valence-electron chi connectivity index (χ3n) is 21.2. The summed E-state index contributed by atoms with van der Waals surface area (Å²) in [6.07, 6.45) is 0.183. The topological polar surface area (TPSA) is 389 Å². The molecule has 672 valence electrons. The number of H-pyrrole nitrogens is 3. The van der Waals surface area contributed by atoms with Crippen molar-refractivity contribution in [1.29, 1.82) is 0 Å². The number of hydrogen-bond donors (Lipinski definition) is 7. The number of hydrogen-bond acceptors (Lipinski definition) is 20. The standard InChI is InChI=1S/C37H46N6O4S.C28H36N6O5S2.C26H33N5O5S/c1-22(2)33(34-40-39-32-21-31(36(6,7)8)41-43(32)34)37(9,10)42-48(45)47-30-20-27(38-35(44)26-18-24(4)17-25(5)19-26)13-16-29(30)46-28-14-11-23(3)12-15-28;1-18-8-11-21(12-9-18)33(7)41(38,39)22-13-10-19(2)23(16-22)27(35)32-40(36,37)15-14-20(3)26-30-29-25-17-24(28(4,5)6)31-34(25)26;1-17-7-12-22(36-14-13-35-20-10-8-19(34-6)9-11-20)21(15-17)30-37(32,33)18(2)25-28-27-24-16-23(26(3,4)5)29-31(24)25/h11-22,33,41-42H,1-10H3,(H,38,44);8-13,16-17,20,31H,14-15H2,1-7H3,(H,32,35);7-12,15-16,18,29-30H,13-14H2,1-6H3. The van der Waals surface area contributed by atoms with E-state index in [0.717, 1.165) is 66.4 Å². The molecule has 31 nitrogen and oxygen atoms in total. The molecular formula is C91H115N17O14S4. The number of carbonyl (C=O) groups excluding carboxylic acids is 2. The van der Waals surface area contributed by atoms with Gasteiger partial charge in [0, 0.05) is 98.8 Å². The number of rotatable bonds is 30. The van der Waals surface area contributed by atoms with Crippen molar-refractivity contribution in [3.63, 3.8) is 0 Å². The van der Waals surface area contributed by atoms with Gasteiger partial charge in [-0.15, -0.1) is 30.6 Å². The van der Waals surface area contributed by atoms with Crippen molar-refractivity contribution in [2.75, 3.05) is 47.5 Å². The molecule has 13 aromatic rings. The SMILES string of the molecule is COc1ccc(OCCOc2ccc(C)cc2NS(=O)(=O)C(C)c2nnc3cc(C(C)(C)C)[nH]n23)cc1.Cc1ccc(N(C)S(=O)(=O)c2ccc(C)c(C(=O)NS(=O)(=O)CCC(C)c3nnc4cc(C(C)(C)C)[nH]n34)c2)cc1.Cc1ccc(Oc2ccc(NC(=O)c3cc(C)cc(C)c3)cc2OS(=O)NC(C)(C)C(c2nnc3cc(C(C)(C)C)[nH]n23)C(C)C)cc1. The molecule has 6 aromatic heterocycles. The largest absolute Gasteiger partial charge is 0.497 e. The predicted octanol–water partition coefficient (Wildman–Crippen LogP) is 16.8. The average molecular weight is 1800 g/mol. The highest BCUT2D eigenvalue weighted by Crippen LogP contribution is 2.40. The maximum Gasteiger partial charge on any atom is 0.288 e. The van der Waals surface area contributed by atoms with Crippen LogP contribution in [-0.2, 0) is 57.6 Å². The Morgan fingerprint density at radius 1 is 0.516 bits per heavy atom. The molecule has 13 rings (SSSR count). The minimum absolute atomic E-state index is 0.0414. The van der Waals surface area contributed by atoms with E-state index in [2.05, 4.69) is 142 Å². The number of anilines is 3. The van der Waals surface area contributed by atoms with Crippen molar-refractivity contribution in [1.82, 2.24) is 68.9 Å². The summed E-state index contributed by atoms with van der Waals surface area (Å²) in [6.45, 7) is 42.2. The molecule has 0 radical (unpaired) electrons. The number of ether oxygens (including phenoxy) is 4. The number of amides is 2. The number of fused-ring (bicyclic) bond motifs is 3. The van der Waals surface area contributed by atoms with Gasteiger partial charge in [-0.05, 0) is 183 Å². The second kappa shape index (κ2) is 38.1. The average Bonchev–Trinajstić information content (AvgIpc) is 1.55. The van der Waals surface area contributed by atoms with Crippen LogP contribution >= 0.6 is 0 Å². The van der Waals surface area contributed by atoms with Crippen LogP contribution in [0.1, 0.15) is 216 Å². The molecule has 4 unspecified atom stereocenters. The first-order valence-electron chi connectivity index (χ1n) is 41.2. The molecule has 7 aromatic carbocycles. The van der Waals surface area contributed by atoms with Crippen molar-refractivity contribution in [2.24, 2.45) is 5.92 Å². The van der Waals surface area contributed by atoms with Crippen LogP contribution in [0.5, 0.6) is 34.5 Å². The number of carbonyl (C=O) groups is 2. The Morgan fingerprint density at radius 2 is 1.02 bits per heavy atom. The molecule has 0 spiro atoms. The van der Waals surface area contributed by atoms with E-state index in [1.807, 2.05) is 151 Å². The van der Waals surface area contributed by atoms with Crippen molar-refractivity contribution >= 4 is 87.2 Å². The first-order chi connectivity index (χ1) is 59.0. The Balaban J connectivity index is 0.000000185. The van der Waals surface area contributed by atoms with Crippen molar-refractivity contribution in [2.45, 2.75) is 196 Å². The van der Waals surface area contributed by atoms with Crippen LogP contribution in [-0.4, -0.2) is 139 Å². The van der Waals surface area contributed by atoms with Gasteiger partial charge >= 0.3 is 0 Å². The van der Waals surface area contributed by atoms with Crippen molar-refractivity contribution < 1.29 is 62.2 Å². The zero-order chi connectivity index (χ0) is 92.1. The molecule has 4 atom stereocenters. The summed E-state index contributed by atoms with van der Waals surface area (Å²) >= 11 is -2.03.